The van der Waals surface area contributed by atoms with Gasteiger partial charge in [-0.15, -0.1) is 0 Å². The number of nitro groups is 1. The molecule has 0 aliphatic rings. The van der Waals surface area contributed by atoms with E-state index < -0.39 is 20.8 Å². The second-order valence-corrected chi connectivity index (χ2v) is 9.10. The Morgan fingerprint density at radius 1 is 1.00 bits per heavy atom. The molecule has 142 valence electrons. The highest BCUT2D eigenvalue weighted by atomic mass is 32.2. The predicted octanol–water partition coefficient (Wildman–Crippen LogP) is 4.40. The smallest absolute Gasteiger partial charge is 0.358 e. The first-order valence-electron chi connectivity index (χ1n) is 8.58. The van der Waals surface area contributed by atoms with Crippen molar-refractivity contribution in [1.29, 1.82) is 0 Å². The SMILES string of the molecule is CC(C)c1cc(C(C)C)c(S(=O)(=O)n2cnc([N+](=O)[O-])c2)c(C(C)C)c1. The molecule has 0 aliphatic carbocycles. The molecule has 2 rings (SSSR count). The Morgan fingerprint density at radius 2 is 1.50 bits per heavy atom. The fourth-order valence-electron chi connectivity index (χ4n) is 2.82. The Kier molecular flexibility index (Phi) is 5.55. The number of benzene rings is 1. The molecule has 0 unspecified atom stereocenters. The van der Waals surface area contributed by atoms with Gasteiger partial charge in [0.15, 0.2) is 0 Å². The minimum absolute atomic E-state index is 0.0190. The summed E-state index contributed by atoms with van der Waals surface area (Å²) in [6.45, 7) is 11.9. The first-order valence-corrected chi connectivity index (χ1v) is 10.0. The van der Waals surface area contributed by atoms with Gasteiger partial charge in [-0.3, -0.25) is 0 Å². The summed E-state index contributed by atoms with van der Waals surface area (Å²) in [5.41, 5.74) is 2.51. The van der Waals surface area contributed by atoms with Crippen LogP contribution in [0.5, 0.6) is 0 Å². The third kappa shape index (κ3) is 3.65. The van der Waals surface area contributed by atoms with Crippen molar-refractivity contribution in [3.63, 3.8) is 0 Å². The van der Waals surface area contributed by atoms with Crippen molar-refractivity contribution < 1.29 is 13.3 Å². The van der Waals surface area contributed by atoms with Crippen molar-refractivity contribution >= 4 is 15.8 Å². The number of nitrogens with zero attached hydrogens (tertiary/aromatic N) is 3. The van der Waals surface area contributed by atoms with Gasteiger partial charge in [0.1, 0.15) is 6.20 Å². The quantitative estimate of drug-likeness (QED) is 0.547. The van der Waals surface area contributed by atoms with Gasteiger partial charge in [-0.2, -0.15) is 0 Å². The van der Waals surface area contributed by atoms with Crippen molar-refractivity contribution in [2.24, 2.45) is 0 Å². The zero-order valence-electron chi connectivity index (χ0n) is 15.9. The molecule has 1 aromatic carbocycles. The second-order valence-electron chi connectivity index (χ2n) is 7.32. The monoisotopic (exact) mass is 379 g/mol. The van der Waals surface area contributed by atoms with Crippen molar-refractivity contribution in [3.8, 4) is 0 Å². The fraction of sp³-hybridized carbons (Fsp3) is 0.500. The molecule has 26 heavy (non-hydrogen) atoms. The average Bonchev–Trinajstić information content (AvgIpc) is 3.04. The van der Waals surface area contributed by atoms with Crippen molar-refractivity contribution in [2.45, 2.75) is 64.2 Å². The molecule has 0 aliphatic heterocycles. The second kappa shape index (κ2) is 7.19. The highest BCUT2D eigenvalue weighted by Crippen LogP contribution is 2.36. The molecule has 0 saturated carbocycles. The van der Waals surface area contributed by atoms with E-state index in [-0.39, 0.29) is 22.6 Å². The lowest BCUT2D eigenvalue weighted by Crippen LogP contribution is -2.18. The molecule has 0 saturated heterocycles. The van der Waals surface area contributed by atoms with E-state index in [4.69, 9.17) is 0 Å². The van der Waals surface area contributed by atoms with Gasteiger partial charge in [-0.1, -0.05) is 53.7 Å². The maximum atomic E-state index is 13.3. The summed E-state index contributed by atoms with van der Waals surface area (Å²) in [5.74, 6) is -0.273. The highest BCUT2D eigenvalue weighted by Gasteiger charge is 2.30. The molecule has 0 fully saturated rings. The van der Waals surface area contributed by atoms with Crippen molar-refractivity contribution in [3.05, 3.63) is 51.5 Å². The van der Waals surface area contributed by atoms with Crippen LogP contribution in [0.25, 0.3) is 0 Å². The molecular weight excluding hydrogens is 354 g/mol. The van der Waals surface area contributed by atoms with Crippen LogP contribution >= 0.6 is 0 Å². The van der Waals surface area contributed by atoms with E-state index in [9.17, 15) is 18.5 Å². The zero-order chi connectivity index (χ0) is 19.8. The van der Waals surface area contributed by atoms with Gasteiger partial charge in [0.2, 0.25) is 6.33 Å². The molecule has 0 spiro atoms. The van der Waals surface area contributed by atoms with E-state index >= 15 is 0 Å². The molecule has 0 atom stereocenters. The van der Waals surface area contributed by atoms with Crippen molar-refractivity contribution in [2.75, 3.05) is 0 Å². The number of imidazole rings is 1. The Balaban J connectivity index is 2.82. The normalized spacial score (nSPS) is 12.3. The van der Waals surface area contributed by atoms with Crippen LogP contribution in [0, 0.1) is 10.1 Å². The molecule has 2 aromatic rings. The molecule has 8 heteroatoms. The molecule has 0 amide bonds. The maximum absolute atomic E-state index is 13.3. The molecule has 1 aromatic heterocycles. The largest absolute Gasteiger partial charge is 0.382 e. The standard InChI is InChI=1S/C18H25N3O4S/c1-11(2)14-7-15(12(3)4)18(16(8-14)13(5)6)26(24,25)20-9-17(19-10-20)21(22)23/h7-13H,1-6H3. The summed E-state index contributed by atoms with van der Waals surface area (Å²) in [6, 6.07) is 3.86. The van der Waals surface area contributed by atoms with E-state index in [0.29, 0.717) is 0 Å². The first kappa shape index (κ1) is 20.1. The van der Waals surface area contributed by atoms with Crippen LogP contribution in [0.3, 0.4) is 0 Å². The Bertz CT molecular complexity index is 899. The lowest BCUT2D eigenvalue weighted by Gasteiger charge is -2.22. The first-order chi connectivity index (χ1) is 12.0. The zero-order valence-corrected chi connectivity index (χ0v) is 16.7. The Labute approximate surface area is 154 Å². The van der Waals surface area contributed by atoms with Crippen LogP contribution in [0.4, 0.5) is 5.82 Å². The number of hydrogen-bond donors (Lipinski definition) is 0. The van der Waals surface area contributed by atoms with Gasteiger partial charge in [-0.05, 0) is 44.4 Å². The minimum Gasteiger partial charge on any atom is -0.358 e. The van der Waals surface area contributed by atoms with Gasteiger partial charge >= 0.3 is 5.82 Å². The van der Waals surface area contributed by atoms with E-state index in [2.05, 4.69) is 18.8 Å². The van der Waals surface area contributed by atoms with E-state index in [0.717, 1.165) is 33.2 Å². The summed E-state index contributed by atoms with van der Waals surface area (Å²) >= 11 is 0. The van der Waals surface area contributed by atoms with Gasteiger partial charge in [0, 0.05) is 0 Å². The van der Waals surface area contributed by atoms with Gasteiger partial charge in [0.05, 0.1) is 4.90 Å². The van der Waals surface area contributed by atoms with Crippen LogP contribution in [-0.2, 0) is 10.0 Å². The number of aromatic nitrogens is 2. The topological polar surface area (TPSA) is 95.1 Å². The summed E-state index contributed by atoms with van der Waals surface area (Å²) in [6.07, 6.45) is 1.93. The highest BCUT2D eigenvalue weighted by molar-refractivity contribution is 7.90. The molecule has 7 nitrogen and oxygen atoms in total. The lowest BCUT2D eigenvalue weighted by atomic mass is 9.89. The van der Waals surface area contributed by atoms with Crippen LogP contribution in [0.1, 0.15) is 76.0 Å². The van der Waals surface area contributed by atoms with Gasteiger partial charge in [-0.25, -0.2) is 12.4 Å². The molecule has 1 heterocycles. The van der Waals surface area contributed by atoms with Crippen molar-refractivity contribution in [1.82, 2.24) is 8.96 Å². The lowest BCUT2D eigenvalue weighted by molar-refractivity contribution is -0.389. The maximum Gasteiger partial charge on any atom is 0.382 e. The van der Waals surface area contributed by atoms with E-state index in [1.807, 2.05) is 39.8 Å². The van der Waals surface area contributed by atoms with Crippen LogP contribution in [0.2, 0.25) is 0 Å². The number of hydrogen-bond acceptors (Lipinski definition) is 5. The summed E-state index contributed by atoms with van der Waals surface area (Å²) in [4.78, 5) is 14.0. The van der Waals surface area contributed by atoms with Crippen LogP contribution in [0.15, 0.2) is 29.6 Å². The molecule has 0 N–H and O–H groups in total. The Morgan fingerprint density at radius 3 is 1.85 bits per heavy atom. The molecule has 0 radical (unpaired) electrons. The molecule has 0 bridgehead atoms. The third-order valence-corrected chi connectivity index (χ3v) is 6.09. The summed E-state index contributed by atoms with van der Waals surface area (Å²) in [5, 5.41) is 10.9. The fourth-order valence-corrected chi connectivity index (χ4v) is 4.62. The molecular formula is C18H25N3O4S. The van der Waals surface area contributed by atoms with Gasteiger partial charge in [0.25, 0.3) is 10.0 Å². The third-order valence-electron chi connectivity index (χ3n) is 4.35. The summed E-state index contributed by atoms with van der Waals surface area (Å²) in [7, 11) is -4.00. The predicted molar refractivity (Wildman–Crippen MR) is 100 cm³/mol. The van der Waals surface area contributed by atoms with E-state index in [1.165, 1.54) is 0 Å². The summed E-state index contributed by atoms with van der Waals surface area (Å²) < 4.78 is 27.4. The van der Waals surface area contributed by atoms with Crippen LogP contribution < -0.4 is 0 Å². The number of rotatable bonds is 6. The Hall–Kier alpha value is -2.22. The van der Waals surface area contributed by atoms with Crippen LogP contribution in [-0.4, -0.2) is 22.3 Å². The minimum atomic E-state index is -4.00. The average molecular weight is 379 g/mol. The van der Waals surface area contributed by atoms with E-state index in [1.54, 1.807) is 0 Å². The van der Waals surface area contributed by atoms with Gasteiger partial charge < -0.3 is 10.1 Å².